The topological polar surface area (TPSA) is 20.3 Å². The van der Waals surface area contributed by atoms with Crippen molar-refractivity contribution in [3.8, 4) is 0 Å². The van der Waals surface area contributed by atoms with Gasteiger partial charge in [-0.05, 0) is 55.9 Å². The summed E-state index contributed by atoms with van der Waals surface area (Å²) in [6, 6.07) is 13.7. The molecule has 2 aromatic carbocycles. The Morgan fingerprint density at radius 1 is 1.17 bits per heavy atom. The molecule has 1 aliphatic rings. The number of halogens is 2. The second kappa shape index (κ2) is 7.16. The fourth-order valence-electron chi connectivity index (χ4n) is 2.99. The summed E-state index contributed by atoms with van der Waals surface area (Å²) in [7, 11) is 0. The van der Waals surface area contributed by atoms with Crippen LogP contribution >= 0.6 is 23.2 Å². The minimum absolute atomic E-state index is 0.0250. The van der Waals surface area contributed by atoms with E-state index >= 15 is 0 Å². The Hall–Kier alpha value is -1.51. The number of rotatable bonds is 5. The molecule has 0 radical (unpaired) electrons. The summed E-state index contributed by atoms with van der Waals surface area (Å²) in [4.78, 5) is 15.2. The van der Waals surface area contributed by atoms with Gasteiger partial charge in [-0.2, -0.15) is 0 Å². The van der Waals surface area contributed by atoms with E-state index in [1.807, 2.05) is 30.0 Å². The van der Waals surface area contributed by atoms with Gasteiger partial charge in [-0.1, -0.05) is 53.5 Å². The van der Waals surface area contributed by atoms with Crippen LogP contribution in [-0.4, -0.2) is 16.8 Å². The van der Waals surface area contributed by atoms with Crippen LogP contribution in [0.2, 0.25) is 10.0 Å². The lowest BCUT2D eigenvalue weighted by molar-refractivity contribution is 0.0654. The SMILES string of the molecule is Cc1cc(C(=O)N(Cc2ccccc2)C(C)C2CC2)c(Cl)cc1Cl. The summed E-state index contributed by atoms with van der Waals surface area (Å²) >= 11 is 12.4. The highest BCUT2D eigenvalue weighted by molar-refractivity contribution is 6.37. The minimum atomic E-state index is -0.0250. The number of carbonyl (C=O) groups is 1. The second-order valence-corrected chi connectivity index (χ2v) is 7.39. The molecule has 2 aromatic rings. The Morgan fingerprint density at radius 2 is 1.83 bits per heavy atom. The predicted molar refractivity (Wildman–Crippen MR) is 99.7 cm³/mol. The Kier molecular flexibility index (Phi) is 5.17. The molecule has 0 heterocycles. The van der Waals surface area contributed by atoms with Crippen LogP contribution in [0.25, 0.3) is 0 Å². The fourth-order valence-corrected chi connectivity index (χ4v) is 3.45. The van der Waals surface area contributed by atoms with Crippen molar-refractivity contribution in [2.24, 2.45) is 5.92 Å². The zero-order valence-corrected chi connectivity index (χ0v) is 15.4. The van der Waals surface area contributed by atoms with Crippen LogP contribution in [0.3, 0.4) is 0 Å². The van der Waals surface area contributed by atoms with Crippen molar-refractivity contribution in [3.05, 3.63) is 69.2 Å². The lowest BCUT2D eigenvalue weighted by Crippen LogP contribution is -2.39. The number of aryl methyl sites for hydroxylation is 1. The van der Waals surface area contributed by atoms with E-state index in [-0.39, 0.29) is 11.9 Å². The zero-order valence-electron chi connectivity index (χ0n) is 13.9. The van der Waals surface area contributed by atoms with E-state index in [0.29, 0.717) is 28.1 Å². The van der Waals surface area contributed by atoms with Gasteiger partial charge in [0.25, 0.3) is 5.91 Å². The van der Waals surface area contributed by atoms with Crippen molar-refractivity contribution in [1.29, 1.82) is 0 Å². The van der Waals surface area contributed by atoms with Crippen LogP contribution in [0.5, 0.6) is 0 Å². The van der Waals surface area contributed by atoms with E-state index in [9.17, 15) is 4.79 Å². The first kappa shape index (κ1) is 17.3. The molecule has 1 aliphatic carbocycles. The predicted octanol–water partition coefficient (Wildman–Crippen LogP) is 5.74. The van der Waals surface area contributed by atoms with Gasteiger partial charge in [0.1, 0.15) is 0 Å². The van der Waals surface area contributed by atoms with Gasteiger partial charge in [0.2, 0.25) is 0 Å². The van der Waals surface area contributed by atoms with Crippen molar-refractivity contribution in [2.45, 2.75) is 39.3 Å². The van der Waals surface area contributed by atoms with E-state index in [4.69, 9.17) is 23.2 Å². The molecule has 0 bridgehead atoms. The molecule has 1 amide bonds. The number of benzene rings is 2. The number of carbonyl (C=O) groups excluding carboxylic acids is 1. The molecule has 1 atom stereocenters. The van der Waals surface area contributed by atoms with Gasteiger partial charge in [-0.3, -0.25) is 4.79 Å². The highest BCUT2D eigenvalue weighted by Gasteiger charge is 2.35. The molecule has 1 fully saturated rings. The monoisotopic (exact) mass is 361 g/mol. The Labute approximate surface area is 153 Å². The average molecular weight is 362 g/mol. The Bertz CT molecular complexity index is 741. The van der Waals surface area contributed by atoms with E-state index in [1.54, 1.807) is 12.1 Å². The summed E-state index contributed by atoms with van der Waals surface area (Å²) in [6.45, 7) is 4.62. The highest BCUT2D eigenvalue weighted by atomic mass is 35.5. The summed E-state index contributed by atoms with van der Waals surface area (Å²) in [5.41, 5.74) is 2.52. The maximum Gasteiger partial charge on any atom is 0.255 e. The van der Waals surface area contributed by atoms with Gasteiger partial charge < -0.3 is 4.90 Å². The molecule has 0 aliphatic heterocycles. The van der Waals surface area contributed by atoms with Gasteiger partial charge in [-0.25, -0.2) is 0 Å². The van der Waals surface area contributed by atoms with Crippen LogP contribution in [-0.2, 0) is 6.54 Å². The smallest absolute Gasteiger partial charge is 0.255 e. The lowest BCUT2D eigenvalue weighted by atomic mass is 10.1. The summed E-state index contributed by atoms with van der Waals surface area (Å²) < 4.78 is 0. The third-order valence-corrected chi connectivity index (χ3v) is 5.45. The van der Waals surface area contributed by atoms with E-state index < -0.39 is 0 Å². The van der Waals surface area contributed by atoms with Gasteiger partial charge >= 0.3 is 0 Å². The van der Waals surface area contributed by atoms with Crippen LogP contribution in [0, 0.1) is 12.8 Å². The third-order valence-electron chi connectivity index (χ3n) is 4.73. The van der Waals surface area contributed by atoms with E-state index in [2.05, 4.69) is 19.1 Å². The molecule has 24 heavy (non-hydrogen) atoms. The van der Waals surface area contributed by atoms with Crippen LogP contribution in [0.4, 0.5) is 0 Å². The maximum atomic E-state index is 13.2. The number of nitrogens with zero attached hydrogens (tertiary/aromatic N) is 1. The first-order chi connectivity index (χ1) is 11.5. The summed E-state index contributed by atoms with van der Waals surface area (Å²) in [5, 5.41) is 0.998. The highest BCUT2D eigenvalue weighted by Crippen LogP contribution is 2.37. The second-order valence-electron chi connectivity index (χ2n) is 6.58. The summed E-state index contributed by atoms with van der Waals surface area (Å²) in [6.07, 6.45) is 2.38. The first-order valence-electron chi connectivity index (χ1n) is 8.28. The first-order valence-corrected chi connectivity index (χ1v) is 9.03. The van der Waals surface area contributed by atoms with Gasteiger partial charge in [0.15, 0.2) is 0 Å². The molecular weight excluding hydrogens is 341 g/mol. The lowest BCUT2D eigenvalue weighted by Gasteiger charge is -2.30. The van der Waals surface area contributed by atoms with Crippen molar-refractivity contribution < 1.29 is 4.79 Å². The standard InChI is InChI=1S/C20H21Cl2NO/c1-13-10-17(19(22)11-18(13)21)20(24)23(14(2)16-8-9-16)12-15-6-4-3-5-7-15/h3-7,10-11,14,16H,8-9,12H2,1-2H3. The van der Waals surface area contributed by atoms with E-state index in [1.165, 1.54) is 12.8 Å². The molecule has 0 spiro atoms. The Morgan fingerprint density at radius 3 is 2.46 bits per heavy atom. The molecule has 3 rings (SSSR count). The molecule has 1 unspecified atom stereocenters. The molecule has 0 aromatic heterocycles. The molecule has 126 valence electrons. The van der Waals surface area contributed by atoms with E-state index in [0.717, 1.165) is 11.1 Å². The minimum Gasteiger partial charge on any atom is -0.331 e. The molecule has 2 nitrogen and oxygen atoms in total. The van der Waals surface area contributed by atoms with Gasteiger partial charge in [0.05, 0.1) is 10.6 Å². The molecule has 1 saturated carbocycles. The van der Waals surface area contributed by atoms with Crippen molar-refractivity contribution in [2.75, 3.05) is 0 Å². The molecule has 0 saturated heterocycles. The van der Waals surface area contributed by atoms with Gasteiger partial charge in [0, 0.05) is 17.6 Å². The van der Waals surface area contributed by atoms with Gasteiger partial charge in [-0.15, -0.1) is 0 Å². The molecule has 0 N–H and O–H groups in total. The largest absolute Gasteiger partial charge is 0.331 e. The third kappa shape index (κ3) is 3.76. The molecule has 4 heteroatoms. The Balaban J connectivity index is 1.92. The molecular formula is C20H21Cl2NO. The van der Waals surface area contributed by atoms with Crippen molar-refractivity contribution >= 4 is 29.1 Å². The van der Waals surface area contributed by atoms with Crippen LogP contribution < -0.4 is 0 Å². The number of amides is 1. The average Bonchev–Trinajstić information content (AvgIpc) is 3.41. The quantitative estimate of drug-likeness (QED) is 0.664. The number of hydrogen-bond donors (Lipinski definition) is 0. The van der Waals surface area contributed by atoms with Crippen molar-refractivity contribution in [3.63, 3.8) is 0 Å². The number of hydrogen-bond acceptors (Lipinski definition) is 1. The fraction of sp³-hybridized carbons (Fsp3) is 0.350. The summed E-state index contributed by atoms with van der Waals surface area (Å²) in [5.74, 6) is 0.563. The zero-order chi connectivity index (χ0) is 17.3. The maximum absolute atomic E-state index is 13.2. The van der Waals surface area contributed by atoms with Crippen molar-refractivity contribution in [1.82, 2.24) is 4.90 Å². The van der Waals surface area contributed by atoms with Crippen LogP contribution in [0.1, 0.15) is 41.3 Å². The van der Waals surface area contributed by atoms with Crippen LogP contribution in [0.15, 0.2) is 42.5 Å². The normalized spacial score (nSPS) is 15.2.